The maximum Gasteiger partial charge on any atom is 0.260 e. The Labute approximate surface area is 172 Å². The molecule has 3 rings (SSSR count). The summed E-state index contributed by atoms with van der Waals surface area (Å²) >= 11 is 0. The Morgan fingerprint density at radius 3 is 2.48 bits per heavy atom. The van der Waals surface area contributed by atoms with Crippen molar-refractivity contribution in [3.63, 3.8) is 0 Å². The smallest absolute Gasteiger partial charge is 0.260 e. The molecule has 154 valence electrons. The van der Waals surface area contributed by atoms with Crippen LogP contribution >= 0.6 is 0 Å². The van der Waals surface area contributed by atoms with Crippen molar-refractivity contribution in [1.29, 1.82) is 0 Å². The van der Waals surface area contributed by atoms with Crippen molar-refractivity contribution in [3.05, 3.63) is 59.9 Å². The summed E-state index contributed by atoms with van der Waals surface area (Å²) in [4.78, 5) is 31.0. The highest BCUT2D eigenvalue weighted by molar-refractivity contribution is 5.94. The molecule has 1 aliphatic rings. The molecular weight excluding hydrogens is 366 g/mol. The molecule has 0 saturated carbocycles. The van der Waals surface area contributed by atoms with Gasteiger partial charge in [-0.2, -0.15) is 0 Å². The van der Waals surface area contributed by atoms with E-state index in [0.717, 1.165) is 18.5 Å². The van der Waals surface area contributed by atoms with Crippen LogP contribution in [0.1, 0.15) is 49.2 Å². The summed E-state index contributed by atoms with van der Waals surface area (Å²) in [6, 6.07) is 13.1. The van der Waals surface area contributed by atoms with Crippen molar-refractivity contribution in [3.8, 4) is 5.75 Å². The fraction of sp³-hybridized carbons (Fsp3) is 0.435. The standard InChI is InChI=1S/C23H29N3O3/c1-17-6-5-7-18(2)26(17)22(27)16-29-21-11-9-19(10-12-21)23(28)25-15-13-20-8-3-4-14-24-20/h3-4,8-12,14,17-18H,5-7,13,15-16H2,1-2H3,(H,25,28). The van der Waals surface area contributed by atoms with E-state index in [-0.39, 0.29) is 30.5 Å². The zero-order valence-electron chi connectivity index (χ0n) is 17.1. The van der Waals surface area contributed by atoms with Crippen LogP contribution in [0, 0.1) is 0 Å². The van der Waals surface area contributed by atoms with Gasteiger partial charge in [0.2, 0.25) is 0 Å². The minimum absolute atomic E-state index is 0.0149. The number of benzene rings is 1. The van der Waals surface area contributed by atoms with Gasteiger partial charge in [-0.3, -0.25) is 14.6 Å². The number of hydrogen-bond donors (Lipinski definition) is 1. The number of hydrogen-bond acceptors (Lipinski definition) is 4. The van der Waals surface area contributed by atoms with Crippen LogP contribution in [0.2, 0.25) is 0 Å². The van der Waals surface area contributed by atoms with Gasteiger partial charge in [-0.05, 0) is 69.5 Å². The Bertz CT molecular complexity index is 798. The number of pyridine rings is 1. The van der Waals surface area contributed by atoms with Crippen molar-refractivity contribution in [2.24, 2.45) is 0 Å². The van der Waals surface area contributed by atoms with Gasteiger partial charge in [-0.25, -0.2) is 0 Å². The van der Waals surface area contributed by atoms with Crippen LogP contribution in [0.25, 0.3) is 0 Å². The van der Waals surface area contributed by atoms with E-state index in [0.29, 0.717) is 24.3 Å². The van der Waals surface area contributed by atoms with E-state index in [1.54, 1.807) is 30.5 Å². The molecule has 2 amide bonds. The molecule has 2 atom stereocenters. The van der Waals surface area contributed by atoms with Gasteiger partial charge >= 0.3 is 0 Å². The average Bonchev–Trinajstić information content (AvgIpc) is 2.73. The van der Waals surface area contributed by atoms with E-state index in [4.69, 9.17) is 4.74 Å². The van der Waals surface area contributed by atoms with Crippen LogP contribution in [-0.2, 0) is 11.2 Å². The topological polar surface area (TPSA) is 71.5 Å². The van der Waals surface area contributed by atoms with Crippen LogP contribution < -0.4 is 10.1 Å². The largest absolute Gasteiger partial charge is 0.484 e. The van der Waals surface area contributed by atoms with Gasteiger partial charge < -0.3 is 15.0 Å². The Hall–Kier alpha value is -2.89. The fourth-order valence-corrected chi connectivity index (χ4v) is 3.79. The second-order valence-corrected chi connectivity index (χ2v) is 7.57. The molecule has 0 radical (unpaired) electrons. The summed E-state index contributed by atoms with van der Waals surface area (Å²) in [6.45, 7) is 4.72. The van der Waals surface area contributed by atoms with Crippen LogP contribution in [0.5, 0.6) is 5.75 Å². The second-order valence-electron chi connectivity index (χ2n) is 7.57. The van der Waals surface area contributed by atoms with Gasteiger partial charge in [-0.15, -0.1) is 0 Å². The predicted molar refractivity (Wildman–Crippen MR) is 112 cm³/mol. The Balaban J connectivity index is 1.45. The zero-order valence-corrected chi connectivity index (χ0v) is 17.1. The summed E-state index contributed by atoms with van der Waals surface area (Å²) in [7, 11) is 0. The lowest BCUT2D eigenvalue weighted by atomic mass is 9.97. The molecule has 2 aromatic rings. The first-order chi connectivity index (χ1) is 14.0. The Morgan fingerprint density at radius 1 is 1.10 bits per heavy atom. The SMILES string of the molecule is CC1CCCC(C)N1C(=O)COc1ccc(C(=O)NCCc2ccccn2)cc1. The van der Waals surface area contributed by atoms with E-state index in [1.165, 1.54) is 6.42 Å². The number of carbonyl (C=O) groups excluding carboxylic acids is 2. The molecular formula is C23H29N3O3. The van der Waals surface area contributed by atoms with Crippen molar-refractivity contribution >= 4 is 11.8 Å². The van der Waals surface area contributed by atoms with E-state index in [2.05, 4.69) is 24.1 Å². The molecule has 0 aliphatic carbocycles. The Morgan fingerprint density at radius 2 is 1.83 bits per heavy atom. The monoisotopic (exact) mass is 395 g/mol. The average molecular weight is 396 g/mol. The summed E-state index contributed by atoms with van der Waals surface area (Å²) < 4.78 is 5.66. The van der Waals surface area contributed by atoms with Gasteiger partial charge in [-0.1, -0.05) is 6.07 Å². The number of rotatable bonds is 7. The summed E-state index contributed by atoms with van der Waals surface area (Å²) in [5.41, 5.74) is 1.50. The molecule has 2 heterocycles. The number of ether oxygens (including phenoxy) is 1. The quantitative estimate of drug-likeness (QED) is 0.781. The third-order valence-electron chi connectivity index (χ3n) is 5.35. The van der Waals surface area contributed by atoms with Crippen molar-refractivity contribution in [2.75, 3.05) is 13.2 Å². The van der Waals surface area contributed by atoms with Crippen LogP contribution in [0.4, 0.5) is 0 Å². The van der Waals surface area contributed by atoms with Gasteiger partial charge in [0.15, 0.2) is 6.61 Å². The lowest BCUT2D eigenvalue weighted by molar-refractivity contribution is -0.139. The van der Waals surface area contributed by atoms with Gasteiger partial charge in [0, 0.05) is 42.5 Å². The molecule has 1 aromatic carbocycles. The number of nitrogens with zero attached hydrogens (tertiary/aromatic N) is 2. The maximum absolute atomic E-state index is 12.5. The molecule has 6 heteroatoms. The third kappa shape index (κ3) is 5.79. The number of likely N-dealkylation sites (tertiary alicyclic amines) is 1. The lowest BCUT2D eigenvalue weighted by Crippen LogP contribution is -2.49. The molecule has 1 aromatic heterocycles. The first-order valence-electron chi connectivity index (χ1n) is 10.3. The zero-order chi connectivity index (χ0) is 20.6. The molecule has 29 heavy (non-hydrogen) atoms. The summed E-state index contributed by atoms with van der Waals surface area (Å²) in [5, 5.41) is 2.89. The van der Waals surface area contributed by atoms with E-state index in [1.807, 2.05) is 23.1 Å². The first-order valence-corrected chi connectivity index (χ1v) is 10.3. The predicted octanol–water partition coefficient (Wildman–Crippen LogP) is 3.22. The molecule has 6 nitrogen and oxygen atoms in total. The normalized spacial score (nSPS) is 18.9. The van der Waals surface area contributed by atoms with Gasteiger partial charge in [0.05, 0.1) is 0 Å². The van der Waals surface area contributed by atoms with E-state index < -0.39 is 0 Å². The van der Waals surface area contributed by atoms with E-state index >= 15 is 0 Å². The Kier molecular flexibility index (Phi) is 7.22. The van der Waals surface area contributed by atoms with Gasteiger partial charge in [0.1, 0.15) is 5.75 Å². The molecule has 0 spiro atoms. The molecule has 1 N–H and O–H groups in total. The summed E-state index contributed by atoms with van der Waals surface area (Å²) in [6.07, 6.45) is 5.68. The van der Waals surface area contributed by atoms with E-state index in [9.17, 15) is 9.59 Å². The second kappa shape index (κ2) is 10.0. The third-order valence-corrected chi connectivity index (χ3v) is 5.35. The number of amides is 2. The highest BCUT2D eigenvalue weighted by atomic mass is 16.5. The minimum atomic E-state index is -0.139. The summed E-state index contributed by atoms with van der Waals surface area (Å²) in [5.74, 6) is 0.460. The van der Waals surface area contributed by atoms with Crippen molar-refractivity contribution < 1.29 is 14.3 Å². The highest BCUT2D eigenvalue weighted by Gasteiger charge is 2.28. The van der Waals surface area contributed by atoms with Crippen molar-refractivity contribution in [1.82, 2.24) is 15.2 Å². The number of piperidine rings is 1. The fourth-order valence-electron chi connectivity index (χ4n) is 3.79. The van der Waals surface area contributed by atoms with Gasteiger partial charge in [0.25, 0.3) is 11.8 Å². The molecule has 1 saturated heterocycles. The minimum Gasteiger partial charge on any atom is -0.484 e. The molecule has 1 aliphatic heterocycles. The van der Waals surface area contributed by atoms with Crippen LogP contribution in [0.3, 0.4) is 0 Å². The molecule has 2 unspecified atom stereocenters. The lowest BCUT2D eigenvalue weighted by Gasteiger charge is -2.38. The maximum atomic E-state index is 12.5. The number of nitrogens with one attached hydrogen (secondary N) is 1. The van der Waals surface area contributed by atoms with Crippen LogP contribution in [-0.4, -0.2) is 46.9 Å². The number of carbonyl (C=O) groups is 2. The highest BCUT2D eigenvalue weighted by Crippen LogP contribution is 2.23. The van der Waals surface area contributed by atoms with Crippen molar-refractivity contribution in [2.45, 2.75) is 51.6 Å². The number of aromatic nitrogens is 1. The van der Waals surface area contributed by atoms with Crippen LogP contribution in [0.15, 0.2) is 48.7 Å². The molecule has 1 fully saturated rings. The molecule has 0 bridgehead atoms. The first kappa shape index (κ1) is 20.8.